The standard InChI is InChI=1S/C7H6F2.C3H8/c1-5-3-2-4-6(8)7(5)9;1-3-2/h2-4H,1H3;3H2,1-2H3. The first-order chi connectivity index (χ1) is 5.63. The fourth-order valence-electron chi connectivity index (χ4n) is 0.612. The van der Waals surface area contributed by atoms with Crippen LogP contribution in [0.4, 0.5) is 8.78 Å². The molecule has 12 heavy (non-hydrogen) atoms. The monoisotopic (exact) mass is 172 g/mol. The van der Waals surface area contributed by atoms with E-state index in [0.29, 0.717) is 5.56 Å². The van der Waals surface area contributed by atoms with Gasteiger partial charge in [0, 0.05) is 0 Å². The molecule has 0 unspecified atom stereocenters. The minimum Gasteiger partial charge on any atom is -0.204 e. The Morgan fingerprint density at radius 1 is 1.17 bits per heavy atom. The first kappa shape index (κ1) is 11.1. The van der Waals surface area contributed by atoms with E-state index in [0.717, 1.165) is 6.07 Å². The lowest BCUT2D eigenvalue weighted by molar-refractivity contribution is 0.503. The molecule has 0 heterocycles. The Balaban J connectivity index is 0.000000354. The number of rotatable bonds is 0. The molecule has 0 aliphatic carbocycles. The van der Waals surface area contributed by atoms with Gasteiger partial charge in [0.1, 0.15) is 0 Å². The fraction of sp³-hybridized carbons (Fsp3) is 0.400. The summed E-state index contributed by atoms with van der Waals surface area (Å²) < 4.78 is 24.6. The van der Waals surface area contributed by atoms with E-state index in [1.165, 1.54) is 25.5 Å². The van der Waals surface area contributed by atoms with E-state index in [4.69, 9.17) is 0 Å². The van der Waals surface area contributed by atoms with Gasteiger partial charge >= 0.3 is 0 Å². The van der Waals surface area contributed by atoms with Gasteiger partial charge in [0.25, 0.3) is 0 Å². The molecule has 0 bridgehead atoms. The summed E-state index contributed by atoms with van der Waals surface area (Å²) in [5, 5.41) is 0. The maximum Gasteiger partial charge on any atom is 0.161 e. The van der Waals surface area contributed by atoms with Crippen LogP contribution in [0.15, 0.2) is 18.2 Å². The minimum atomic E-state index is -0.782. The van der Waals surface area contributed by atoms with Crippen molar-refractivity contribution >= 4 is 0 Å². The summed E-state index contributed by atoms with van der Waals surface area (Å²) in [7, 11) is 0. The number of aryl methyl sites for hydroxylation is 1. The van der Waals surface area contributed by atoms with Crippen molar-refractivity contribution in [3.63, 3.8) is 0 Å². The van der Waals surface area contributed by atoms with Gasteiger partial charge in [0.05, 0.1) is 0 Å². The van der Waals surface area contributed by atoms with Gasteiger partial charge in [-0.2, -0.15) is 0 Å². The molecule has 68 valence electrons. The Morgan fingerprint density at radius 3 is 2.00 bits per heavy atom. The van der Waals surface area contributed by atoms with Gasteiger partial charge in [0.2, 0.25) is 0 Å². The third kappa shape index (κ3) is 3.46. The van der Waals surface area contributed by atoms with E-state index >= 15 is 0 Å². The fourth-order valence-corrected chi connectivity index (χ4v) is 0.612. The molecule has 2 heteroatoms. The van der Waals surface area contributed by atoms with Gasteiger partial charge in [0.15, 0.2) is 11.6 Å². The predicted octanol–water partition coefficient (Wildman–Crippen LogP) is 3.69. The molecule has 0 aromatic heterocycles. The molecule has 0 aliphatic heterocycles. The summed E-state index contributed by atoms with van der Waals surface area (Å²) in [4.78, 5) is 0. The smallest absolute Gasteiger partial charge is 0.161 e. The quantitative estimate of drug-likeness (QED) is 0.560. The molecule has 0 amide bonds. The van der Waals surface area contributed by atoms with Crippen molar-refractivity contribution in [1.29, 1.82) is 0 Å². The topological polar surface area (TPSA) is 0 Å². The molecular formula is C10H14F2. The summed E-state index contributed by atoms with van der Waals surface area (Å²) in [6, 6.07) is 4.11. The van der Waals surface area contributed by atoms with Crippen LogP contribution in [0.1, 0.15) is 25.8 Å². The molecule has 0 nitrogen and oxygen atoms in total. The Kier molecular flexibility index (Phi) is 5.26. The molecule has 1 rings (SSSR count). The second-order valence-electron chi connectivity index (χ2n) is 2.58. The lowest BCUT2D eigenvalue weighted by Gasteiger charge is -1.93. The van der Waals surface area contributed by atoms with Crippen LogP contribution in [0.3, 0.4) is 0 Å². The number of hydrogen-bond donors (Lipinski definition) is 0. The van der Waals surface area contributed by atoms with Crippen LogP contribution in [0.5, 0.6) is 0 Å². The number of halogens is 2. The van der Waals surface area contributed by atoms with Gasteiger partial charge in [-0.15, -0.1) is 0 Å². The Labute approximate surface area is 72.2 Å². The van der Waals surface area contributed by atoms with Crippen LogP contribution in [-0.2, 0) is 0 Å². The Bertz CT molecular complexity index is 211. The van der Waals surface area contributed by atoms with Crippen molar-refractivity contribution in [2.45, 2.75) is 27.2 Å². The average Bonchev–Trinajstić information content (AvgIpc) is 2.02. The SMILES string of the molecule is CCC.Cc1cccc(F)c1F. The largest absolute Gasteiger partial charge is 0.204 e. The highest BCUT2D eigenvalue weighted by atomic mass is 19.2. The van der Waals surface area contributed by atoms with Crippen LogP contribution in [0.25, 0.3) is 0 Å². The van der Waals surface area contributed by atoms with Crippen LogP contribution in [0, 0.1) is 18.6 Å². The van der Waals surface area contributed by atoms with Crippen molar-refractivity contribution in [3.8, 4) is 0 Å². The summed E-state index contributed by atoms with van der Waals surface area (Å²) in [6.07, 6.45) is 1.25. The van der Waals surface area contributed by atoms with E-state index in [1.807, 2.05) is 0 Å². The number of benzene rings is 1. The van der Waals surface area contributed by atoms with Crippen molar-refractivity contribution in [2.75, 3.05) is 0 Å². The van der Waals surface area contributed by atoms with E-state index in [-0.39, 0.29) is 0 Å². The van der Waals surface area contributed by atoms with Crippen molar-refractivity contribution in [2.24, 2.45) is 0 Å². The van der Waals surface area contributed by atoms with Crippen LogP contribution >= 0.6 is 0 Å². The zero-order valence-electron chi connectivity index (χ0n) is 7.70. The second-order valence-corrected chi connectivity index (χ2v) is 2.58. The highest BCUT2D eigenvalue weighted by Crippen LogP contribution is 2.08. The zero-order chi connectivity index (χ0) is 9.56. The van der Waals surface area contributed by atoms with Gasteiger partial charge in [-0.25, -0.2) is 8.78 Å². The normalized spacial score (nSPS) is 8.75. The molecule has 0 spiro atoms. The third-order valence-electron chi connectivity index (χ3n) is 1.14. The molecule has 0 saturated heterocycles. The molecule has 1 aromatic rings. The lowest BCUT2D eigenvalue weighted by atomic mass is 10.2. The van der Waals surface area contributed by atoms with Crippen LogP contribution < -0.4 is 0 Å². The third-order valence-corrected chi connectivity index (χ3v) is 1.14. The Morgan fingerprint density at radius 2 is 1.67 bits per heavy atom. The molecule has 0 radical (unpaired) electrons. The van der Waals surface area contributed by atoms with Gasteiger partial charge in [-0.1, -0.05) is 32.4 Å². The van der Waals surface area contributed by atoms with Crippen molar-refractivity contribution in [3.05, 3.63) is 35.4 Å². The highest BCUT2D eigenvalue weighted by molar-refractivity contribution is 5.16. The summed E-state index contributed by atoms with van der Waals surface area (Å²) in [5.41, 5.74) is 0.343. The molecule has 0 atom stereocenters. The van der Waals surface area contributed by atoms with E-state index in [9.17, 15) is 8.78 Å². The summed E-state index contributed by atoms with van der Waals surface area (Å²) >= 11 is 0. The van der Waals surface area contributed by atoms with Gasteiger partial charge in [-0.05, 0) is 18.6 Å². The van der Waals surface area contributed by atoms with Crippen molar-refractivity contribution < 1.29 is 8.78 Å². The van der Waals surface area contributed by atoms with Gasteiger partial charge < -0.3 is 0 Å². The van der Waals surface area contributed by atoms with Crippen molar-refractivity contribution in [1.82, 2.24) is 0 Å². The van der Waals surface area contributed by atoms with E-state index in [1.54, 1.807) is 0 Å². The molecular weight excluding hydrogens is 158 g/mol. The minimum absolute atomic E-state index is 0.343. The maximum absolute atomic E-state index is 12.4. The zero-order valence-corrected chi connectivity index (χ0v) is 7.70. The first-order valence-electron chi connectivity index (χ1n) is 4.04. The molecule has 0 fully saturated rings. The van der Waals surface area contributed by atoms with Crippen LogP contribution in [-0.4, -0.2) is 0 Å². The lowest BCUT2D eigenvalue weighted by Crippen LogP contribution is -1.85. The summed E-state index contributed by atoms with van der Waals surface area (Å²) in [6.45, 7) is 5.78. The molecule has 0 saturated carbocycles. The molecule has 0 aliphatic rings. The van der Waals surface area contributed by atoms with E-state index in [2.05, 4.69) is 13.8 Å². The average molecular weight is 172 g/mol. The Hall–Kier alpha value is -0.920. The molecule has 0 N–H and O–H groups in total. The van der Waals surface area contributed by atoms with Gasteiger partial charge in [-0.3, -0.25) is 0 Å². The molecule has 1 aromatic carbocycles. The number of hydrogen-bond acceptors (Lipinski definition) is 0. The highest BCUT2D eigenvalue weighted by Gasteiger charge is 2.00. The second kappa shape index (κ2) is 5.70. The summed E-state index contributed by atoms with van der Waals surface area (Å²) in [5.74, 6) is -1.53. The predicted molar refractivity (Wildman–Crippen MR) is 47.1 cm³/mol. The maximum atomic E-state index is 12.4. The van der Waals surface area contributed by atoms with Crippen LogP contribution in [0.2, 0.25) is 0 Å². The van der Waals surface area contributed by atoms with E-state index < -0.39 is 11.6 Å². The first-order valence-corrected chi connectivity index (χ1v) is 4.04.